The Morgan fingerprint density at radius 3 is 2.33 bits per heavy atom. The lowest BCUT2D eigenvalue weighted by molar-refractivity contribution is -0.141. The highest BCUT2D eigenvalue weighted by molar-refractivity contribution is 5.97. The number of carbonyl (C=O) groups is 1. The standard InChI is InChI=1S/C20H17F3N2O2/c1-12-3-4-13(2)16(9-12)17-10-19(20(21,22)23)24-25(17)15-7-5-14(6-8-15)18(27)11-26/h3-10,26H,11H2,1-2H3. The van der Waals surface area contributed by atoms with Gasteiger partial charge in [0.1, 0.15) is 6.61 Å². The van der Waals surface area contributed by atoms with Crippen LogP contribution in [-0.2, 0) is 6.18 Å². The number of ketones is 1. The van der Waals surface area contributed by atoms with E-state index in [9.17, 15) is 18.0 Å². The summed E-state index contributed by atoms with van der Waals surface area (Å²) in [4.78, 5) is 11.5. The van der Waals surface area contributed by atoms with E-state index < -0.39 is 24.3 Å². The number of hydrogen-bond donors (Lipinski definition) is 1. The molecule has 0 saturated carbocycles. The second-order valence-corrected chi connectivity index (χ2v) is 6.27. The van der Waals surface area contributed by atoms with Crippen LogP contribution in [0.15, 0.2) is 48.5 Å². The molecular formula is C20H17F3N2O2. The van der Waals surface area contributed by atoms with E-state index in [-0.39, 0.29) is 5.56 Å². The van der Waals surface area contributed by atoms with Crippen LogP contribution in [0.4, 0.5) is 13.2 Å². The Hall–Kier alpha value is -2.93. The predicted molar refractivity (Wildman–Crippen MR) is 94.9 cm³/mol. The Balaban J connectivity index is 2.18. The highest BCUT2D eigenvalue weighted by Crippen LogP contribution is 2.34. The third-order valence-corrected chi connectivity index (χ3v) is 4.25. The molecule has 0 amide bonds. The highest BCUT2D eigenvalue weighted by atomic mass is 19.4. The van der Waals surface area contributed by atoms with Crippen LogP contribution in [0.25, 0.3) is 16.9 Å². The first kappa shape index (κ1) is 18.8. The van der Waals surface area contributed by atoms with E-state index >= 15 is 0 Å². The van der Waals surface area contributed by atoms with Crippen LogP contribution < -0.4 is 0 Å². The molecule has 0 radical (unpaired) electrons. The van der Waals surface area contributed by atoms with Gasteiger partial charge in [0.25, 0.3) is 0 Å². The van der Waals surface area contributed by atoms with Gasteiger partial charge in [-0.1, -0.05) is 17.7 Å². The van der Waals surface area contributed by atoms with Crippen molar-refractivity contribution in [3.63, 3.8) is 0 Å². The second-order valence-electron chi connectivity index (χ2n) is 6.27. The van der Waals surface area contributed by atoms with Gasteiger partial charge >= 0.3 is 6.18 Å². The van der Waals surface area contributed by atoms with Gasteiger partial charge in [-0.2, -0.15) is 18.3 Å². The molecule has 1 N–H and O–H groups in total. The molecule has 3 aromatic rings. The lowest BCUT2D eigenvalue weighted by atomic mass is 10.0. The summed E-state index contributed by atoms with van der Waals surface area (Å²) in [6.45, 7) is 3.05. The van der Waals surface area contributed by atoms with Gasteiger partial charge in [0.2, 0.25) is 0 Å². The third-order valence-electron chi connectivity index (χ3n) is 4.25. The van der Waals surface area contributed by atoms with E-state index in [0.29, 0.717) is 16.9 Å². The molecule has 7 heteroatoms. The molecule has 4 nitrogen and oxygen atoms in total. The van der Waals surface area contributed by atoms with E-state index in [2.05, 4.69) is 5.10 Å². The molecule has 140 valence electrons. The first-order valence-electron chi connectivity index (χ1n) is 8.20. The van der Waals surface area contributed by atoms with Crippen molar-refractivity contribution in [3.8, 4) is 16.9 Å². The molecule has 2 aromatic carbocycles. The zero-order chi connectivity index (χ0) is 19.8. The monoisotopic (exact) mass is 374 g/mol. The van der Waals surface area contributed by atoms with Crippen LogP contribution in [0.1, 0.15) is 27.2 Å². The van der Waals surface area contributed by atoms with Gasteiger partial charge in [-0.3, -0.25) is 4.79 Å². The fraction of sp³-hybridized carbons (Fsp3) is 0.200. The molecule has 1 heterocycles. The summed E-state index contributed by atoms with van der Waals surface area (Å²) in [7, 11) is 0. The van der Waals surface area contributed by atoms with Gasteiger partial charge in [-0.15, -0.1) is 0 Å². The summed E-state index contributed by atoms with van der Waals surface area (Å²) < 4.78 is 41.0. The zero-order valence-electron chi connectivity index (χ0n) is 14.7. The number of carbonyl (C=O) groups excluding carboxylic acids is 1. The third kappa shape index (κ3) is 3.78. The summed E-state index contributed by atoms with van der Waals surface area (Å²) in [5, 5.41) is 12.7. The summed E-state index contributed by atoms with van der Waals surface area (Å²) in [5.74, 6) is -0.465. The molecule has 1 aromatic heterocycles. The summed E-state index contributed by atoms with van der Waals surface area (Å²) in [5.41, 5.74) is 2.36. The van der Waals surface area contributed by atoms with Crippen molar-refractivity contribution < 1.29 is 23.1 Å². The number of alkyl halides is 3. The second kappa shape index (κ2) is 7.00. The summed E-state index contributed by atoms with van der Waals surface area (Å²) in [6, 6.07) is 12.5. The summed E-state index contributed by atoms with van der Waals surface area (Å²) in [6.07, 6.45) is -4.58. The van der Waals surface area contributed by atoms with Gasteiger partial charge in [-0.25, -0.2) is 4.68 Å². The van der Waals surface area contributed by atoms with Gasteiger partial charge < -0.3 is 5.11 Å². The van der Waals surface area contributed by atoms with E-state index in [1.807, 2.05) is 32.0 Å². The topological polar surface area (TPSA) is 55.1 Å². The van der Waals surface area contributed by atoms with Crippen LogP contribution in [0.5, 0.6) is 0 Å². The number of halogens is 3. The van der Waals surface area contributed by atoms with Crippen LogP contribution in [0, 0.1) is 13.8 Å². The minimum atomic E-state index is -4.58. The average molecular weight is 374 g/mol. The van der Waals surface area contributed by atoms with Crippen molar-refractivity contribution in [1.29, 1.82) is 0 Å². The van der Waals surface area contributed by atoms with Crippen molar-refractivity contribution in [2.24, 2.45) is 0 Å². The minimum absolute atomic E-state index is 0.276. The van der Waals surface area contributed by atoms with Crippen LogP contribution >= 0.6 is 0 Å². The highest BCUT2D eigenvalue weighted by Gasteiger charge is 2.35. The molecule has 0 spiro atoms. The molecule has 0 aliphatic carbocycles. The molecule has 0 unspecified atom stereocenters. The van der Waals surface area contributed by atoms with E-state index in [4.69, 9.17) is 5.11 Å². The Morgan fingerprint density at radius 2 is 1.74 bits per heavy atom. The van der Waals surface area contributed by atoms with Gasteiger partial charge in [0.15, 0.2) is 11.5 Å². The number of hydrogen-bond acceptors (Lipinski definition) is 3. The lowest BCUT2D eigenvalue weighted by Gasteiger charge is -2.11. The first-order chi connectivity index (χ1) is 12.7. The molecule has 0 atom stereocenters. The largest absolute Gasteiger partial charge is 0.435 e. The fourth-order valence-electron chi connectivity index (χ4n) is 2.80. The quantitative estimate of drug-likeness (QED) is 0.691. The SMILES string of the molecule is Cc1ccc(C)c(-c2cc(C(F)(F)F)nn2-c2ccc(C(=O)CO)cc2)c1. The molecular weight excluding hydrogens is 357 g/mol. The lowest BCUT2D eigenvalue weighted by Crippen LogP contribution is -2.08. The maximum atomic E-state index is 13.3. The molecule has 27 heavy (non-hydrogen) atoms. The number of benzene rings is 2. The van der Waals surface area contributed by atoms with Gasteiger partial charge in [-0.05, 0) is 55.8 Å². The number of rotatable bonds is 4. The Bertz CT molecular complexity index is 989. The molecule has 0 fully saturated rings. The number of aliphatic hydroxyl groups is 1. The maximum Gasteiger partial charge on any atom is 0.435 e. The Morgan fingerprint density at radius 1 is 1.07 bits per heavy atom. The zero-order valence-corrected chi connectivity index (χ0v) is 14.7. The van der Waals surface area contributed by atoms with Crippen LogP contribution in [0.2, 0.25) is 0 Å². The van der Waals surface area contributed by atoms with E-state index in [1.54, 1.807) is 0 Å². The minimum Gasteiger partial charge on any atom is -0.388 e. The maximum absolute atomic E-state index is 13.3. The van der Waals surface area contributed by atoms with Gasteiger partial charge in [0, 0.05) is 11.1 Å². The molecule has 3 rings (SSSR count). The van der Waals surface area contributed by atoms with Crippen molar-refractivity contribution in [1.82, 2.24) is 9.78 Å². The molecule has 0 bridgehead atoms. The normalized spacial score (nSPS) is 11.6. The van der Waals surface area contributed by atoms with Crippen LogP contribution in [0.3, 0.4) is 0 Å². The van der Waals surface area contributed by atoms with Crippen molar-refractivity contribution in [3.05, 3.63) is 70.9 Å². The first-order valence-corrected chi connectivity index (χ1v) is 8.20. The van der Waals surface area contributed by atoms with Crippen molar-refractivity contribution in [2.45, 2.75) is 20.0 Å². The van der Waals surface area contributed by atoms with Crippen molar-refractivity contribution in [2.75, 3.05) is 6.61 Å². The van der Waals surface area contributed by atoms with E-state index in [0.717, 1.165) is 17.2 Å². The predicted octanol–water partition coefficient (Wildman–Crippen LogP) is 4.35. The number of aryl methyl sites for hydroxylation is 2. The number of nitrogens with zero attached hydrogens (tertiary/aromatic N) is 2. The van der Waals surface area contributed by atoms with Crippen molar-refractivity contribution >= 4 is 5.78 Å². The average Bonchev–Trinajstić information content (AvgIpc) is 3.08. The van der Waals surface area contributed by atoms with Crippen LogP contribution in [-0.4, -0.2) is 27.3 Å². The number of aliphatic hydroxyl groups excluding tert-OH is 1. The molecule has 0 aliphatic heterocycles. The number of aromatic nitrogens is 2. The smallest absolute Gasteiger partial charge is 0.388 e. The Labute approximate surface area is 153 Å². The van der Waals surface area contributed by atoms with E-state index in [1.165, 1.54) is 28.9 Å². The molecule has 0 saturated heterocycles. The Kier molecular flexibility index (Phi) is 4.89. The fourth-order valence-corrected chi connectivity index (χ4v) is 2.80. The molecule has 0 aliphatic rings. The number of Topliss-reactive ketones (excluding diaryl/α,β-unsaturated/α-hetero) is 1. The van der Waals surface area contributed by atoms with Gasteiger partial charge in [0.05, 0.1) is 11.4 Å². The summed E-state index contributed by atoms with van der Waals surface area (Å²) >= 11 is 0.